The molecule has 6 heteroatoms. The number of aromatic hydroxyl groups is 1. The summed E-state index contributed by atoms with van der Waals surface area (Å²) in [5.74, 6) is -0.127. The quantitative estimate of drug-likeness (QED) is 0.568. The highest BCUT2D eigenvalue weighted by atomic mass is 35.5. The van der Waals surface area contributed by atoms with Crippen molar-refractivity contribution in [2.75, 3.05) is 11.9 Å². The molecular weight excluding hydrogens is 255 g/mol. The molecule has 3 nitrogen and oxygen atoms in total. The van der Waals surface area contributed by atoms with Crippen LogP contribution in [0.4, 0.5) is 5.69 Å². The van der Waals surface area contributed by atoms with E-state index in [1.165, 1.54) is 0 Å². The van der Waals surface area contributed by atoms with Crippen LogP contribution in [0, 0.1) is 0 Å². The fraction of sp³-hybridized carbons (Fsp3) is 0.222. The summed E-state index contributed by atoms with van der Waals surface area (Å²) in [5.41, 5.74) is 0.633. The van der Waals surface area contributed by atoms with Gasteiger partial charge in [-0.2, -0.15) is 0 Å². The van der Waals surface area contributed by atoms with E-state index < -0.39 is 0 Å². The van der Waals surface area contributed by atoms with Crippen molar-refractivity contribution >= 4 is 46.2 Å². The van der Waals surface area contributed by atoms with Gasteiger partial charge in [-0.15, -0.1) is 0 Å². The molecule has 0 amide bonds. The number of halogens is 2. The number of phenolic OH excluding ortho intramolecular Hbond substituents is 1. The van der Waals surface area contributed by atoms with E-state index in [0.717, 1.165) is 6.54 Å². The van der Waals surface area contributed by atoms with E-state index in [4.69, 9.17) is 35.4 Å². The maximum Gasteiger partial charge on any atom is 0.170 e. The van der Waals surface area contributed by atoms with Crippen LogP contribution in [0.1, 0.15) is 6.92 Å². The Balaban J connectivity index is 2.83. The highest BCUT2D eigenvalue weighted by molar-refractivity contribution is 7.80. The van der Waals surface area contributed by atoms with E-state index >= 15 is 0 Å². The van der Waals surface area contributed by atoms with Gasteiger partial charge < -0.3 is 15.7 Å². The standard InChI is InChI=1S/C9H10Cl2N2OS/c1-2-12-9(15)13-5-3-6(10)8(14)7(11)4-5/h3-4,14H,2H2,1H3,(H2,12,13,15). The van der Waals surface area contributed by atoms with Gasteiger partial charge >= 0.3 is 0 Å². The molecule has 1 rings (SSSR count). The third-order valence-electron chi connectivity index (χ3n) is 1.61. The summed E-state index contributed by atoms with van der Waals surface area (Å²) >= 11 is 16.5. The Morgan fingerprint density at radius 1 is 1.40 bits per heavy atom. The first-order valence-electron chi connectivity index (χ1n) is 4.27. The molecule has 82 valence electrons. The van der Waals surface area contributed by atoms with Gasteiger partial charge in [0.2, 0.25) is 0 Å². The van der Waals surface area contributed by atoms with Gasteiger partial charge in [-0.1, -0.05) is 23.2 Å². The summed E-state index contributed by atoms with van der Waals surface area (Å²) in [4.78, 5) is 0. The van der Waals surface area contributed by atoms with Crippen LogP contribution in [0.25, 0.3) is 0 Å². The minimum absolute atomic E-state index is 0.127. The number of thiocarbonyl (C=S) groups is 1. The van der Waals surface area contributed by atoms with Crippen LogP contribution < -0.4 is 10.6 Å². The molecule has 0 saturated carbocycles. The molecule has 15 heavy (non-hydrogen) atoms. The summed E-state index contributed by atoms with van der Waals surface area (Å²) < 4.78 is 0. The lowest BCUT2D eigenvalue weighted by Gasteiger charge is -2.10. The fourth-order valence-electron chi connectivity index (χ4n) is 0.974. The van der Waals surface area contributed by atoms with Crippen molar-refractivity contribution in [2.24, 2.45) is 0 Å². The van der Waals surface area contributed by atoms with Crippen molar-refractivity contribution in [1.82, 2.24) is 5.32 Å². The average molecular weight is 265 g/mol. The third kappa shape index (κ3) is 3.41. The van der Waals surface area contributed by atoms with E-state index in [1.54, 1.807) is 12.1 Å². The predicted octanol–water partition coefficient (Wildman–Crippen LogP) is 3.01. The average Bonchev–Trinajstić information content (AvgIpc) is 2.14. The third-order valence-corrected chi connectivity index (χ3v) is 2.43. The molecule has 0 fully saturated rings. The smallest absolute Gasteiger partial charge is 0.170 e. The lowest BCUT2D eigenvalue weighted by molar-refractivity contribution is 0.476. The van der Waals surface area contributed by atoms with Crippen LogP contribution in [0.5, 0.6) is 5.75 Å². The maximum absolute atomic E-state index is 9.33. The Bertz CT molecular complexity index is 361. The van der Waals surface area contributed by atoms with Crippen molar-refractivity contribution < 1.29 is 5.11 Å². The number of nitrogens with one attached hydrogen (secondary N) is 2. The lowest BCUT2D eigenvalue weighted by Crippen LogP contribution is -2.27. The summed E-state index contributed by atoms with van der Waals surface area (Å²) in [5, 5.41) is 16.0. The van der Waals surface area contributed by atoms with Gasteiger partial charge in [-0.05, 0) is 31.3 Å². The van der Waals surface area contributed by atoms with Crippen molar-refractivity contribution in [3.05, 3.63) is 22.2 Å². The Morgan fingerprint density at radius 2 is 1.93 bits per heavy atom. The first-order valence-corrected chi connectivity index (χ1v) is 5.44. The van der Waals surface area contributed by atoms with Gasteiger partial charge in [0.05, 0.1) is 10.0 Å². The molecule has 1 aromatic carbocycles. The van der Waals surface area contributed by atoms with Crippen LogP contribution in [-0.2, 0) is 0 Å². The first-order chi connectivity index (χ1) is 7.04. The van der Waals surface area contributed by atoms with Crippen molar-refractivity contribution in [3.63, 3.8) is 0 Å². The molecular formula is C9H10Cl2N2OS. The zero-order valence-corrected chi connectivity index (χ0v) is 10.3. The summed E-state index contributed by atoms with van der Waals surface area (Å²) in [6.07, 6.45) is 0. The fourth-order valence-corrected chi connectivity index (χ4v) is 1.72. The summed E-state index contributed by atoms with van der Waals surface area (Å²) in [7, 11) is 0. The molecule has 0 radical (unpaired) electrons. The normalized spacial score (nSPS) is 9.80. The molecule has 0 saturated heterocycles. The maximum atomic E-state index is 9.33. The monoisotopic (exact) mass is 264 g/mol. The molecule has 0 atom stereocenters. The van der Waals surface area contributed by atoms with Crippen LogP contribution in [0.3, 0.4) is 0 Å². The Hall–Kier alpha value is -0.710. The lowest BCUT2D eigenvalue weighted by atomic mass is 10.3. The number of rotatable bonds is 2. The van der Waals surface area contributed by atoms with Gasteiger partial charge in [-0.25, -0.2) is 0 Å². The Morgan fingerprint density at radius 3 is 2.40 bits per heavy atom. The second kappa shape index (κ2) is 5.39. The molecule has 1 aromatic rings. The first kappa shape index (κ1) is 12.4. The minimum atomic E-state index is -0.127. The van der Waals surface area contributed by atoms with Gasteiger partial charge in [0.1, 0.15) is 0 Å². The summed E-state index contributed by atoms with van der Waals surface area (Å²) in [6.45, 7) is 2.66. The zero-order valence-electron chi connectivity index (χ0n) is 7.97. The van der Waals surface area contributed by atoms with E-state index in [-0.39, 0.29) is 15.8 Å². The predicted molar refractivity (Wildman–Crippen MR) is 68.0 cm³/mol. The van der Waals surface area contributed by atoms with Gasteiger partial charge in [-0.3, -0.25) is 0 Å². The molecule has 0 aliphatic carbocycles. The van der Waals surface area contributed by atoms with Crippen LogP contribution in [0.15, 0.2) is 12.1 Å². The zero-order chi connectivity index (χ0) is 11.4. The largest absolute Gasteiger partial charge is 0.505 e. The van der Waals surface area contributed by atoms with E-state index in [9.17, 15) is 5.11 Å². The van der Waals surface area contributed by atoms with E-state index in [0.29, 0.717) is 10.8 Å². The number of hydrogen-bond acceptors (Lipinski definition) is 2. The topological polar surface area (TPSA) is 44.3 Å². The second-order valence-electron chi connectivity index (χ2n) is 2.77. The van der Waals surface area contributed by atoms with Gasteiger partial charge in [0.15, 0.2) is 10.9 Å². The molecule has 0 bridgehead atoms. The van der Waals surface area contributed by atoms with Crippen LogP contribution in [-0.4, -0.2) is 16.8 Å². The Kier molecular flexibility index (Phi) is 4.45. The molecule has 0 aromatic heterocycles. The highest BCUT2D eigenvalue weighted by Crippen LogP contribution is 2.34. The number of hydrogen-bond donors (Lipinski definition) is 3. The summed E-state index contributed by atoms with van der Waals surface area (Å²) in [6, 6.07) is 3.10. The van der Waals surface area contributed by atoms with Gasteiger partial charge in [0, 0.05) is 12.2 Å². The van der Waals surface area contributed by atoms with Crippen molar-refractivity contribution in [3.8, 4) is 5.75 Å². The van der Waals surface area contributed by atoms with Crippen molar-refractivity contribution in [2.45, 2.75) is 6.92 Å². The van der Waals surface area contributed by atoms with E-state index in [2.05, 4.69) is 10.6 Å². The number of phenols is 1. The molecule has 0 spiro atoms. The molecule has 0 unspecified atom stereocenters. The SMILES string of the molecule is CCNC(=S)Nc1cc(Cl)c(O)c(Cl)c1. The molecule has 0 aliphatic rings. The van der Waals surface area contributed by atoms with E-state index in [1.807, 2.05) is 6.92 Å². The minimum Gasteiger partial charge on any atom is -0.505 e. The Labute approximate surface area is 103 Å². The van der Waals surface area contributed by atoms with Crippen LogP contribution in [0.2, 0.25) is 10.0 Å². The highest BCUT2D eigenvalue weighted by Gasteiger charge is 2.07. The molecule has 3 N–H and O–H groups in total. The second-order valence-corrected chi connectivity index (χ2v) is 4.00. The van der Waals surface area contributed by atoms with Gasteiger partial charge in [0.25, 0.3) is 0 Å². The van der Waals surface area contributed by atoms with Crippen LogP contribution >= 0.6 is 35.4 Å². The molecule has 0 aliphatic heterocycles. The number of anilines is 1. The van der Waals surface area contributed by atoms with Crippen molar-refractivity contribution in [1.29, 1.82) is 0 Å². The molecule has 0 heterocycles. The number of benzene rings is 1.